The number of nitriles is 1. The number of nitrogens with one attached hydrogen (secondary N) is 1. The maximum atomic E-state index is 13.2. The highest BCUT2D eigenvalue weighted by Crippen LogP contribution is 2.36. The van der Waals surface area contributed by atoms with Crippen molar-refractivity contribution in [3.05, 3.63) is 46.2 Å². The third kappa shape index (κ3) is 4.51. The molecule has 0 bridgehead atoms. The molecular formula is C20H22FN3O2S. The van der Waals surface area contributed by atoms with E-state index in [9.17, 15) is 19.2 Å². The third-order valence-electron chi connectivity index (χ3n) is 5.09. The number of carbonyl (C=O) groups is 2. The van der Waals surface area contributed by atoms with Gasteiger partial charge < -0.3 is 10.2 Å². The average molecular weight is 387 g/mol. The average Bonchev–Trinajstić information content (AvgIpc) is 2.66. The summed E-state index contributed by atoms with van der Waals surface area (Å²) in [5, 5.41) is 12.8. The molecule has 142 valence electrons. The highest BCUT2D eigenvalue weighted by molar-refractivity contribution is 8.03. The van der Waals surface area contributed by atoms with E-state index < -0.39 is 5.92 Å². The molecule has 0 saturated carbocycles. The van der Waals surface area contributed by atoms with E-state index in [2.05, 4.69) is 18.3 Å². The Kier molecular flexibility index (Phi) is 6.17. The van der Waals surface area contributed by atoms with Crippen molar-refractivity contribution in [2.45, 2.75) is 44.6 Å². The second kappa shape index (κ2) is 8.57. The zero-order valence-electron chi connectivity index (χ0n) is 15.2. The summed E-state index contributed by atoms with van der Waals surface area (Å²) in [5.74, 6) is -0.783. The van der Waals surface area contributed by atoms with Gasteiger partial charge in [-0.05, 0) is 43.9 Å². The molecule has 2 aliphatic rings. The van der Waals surface area contributed by atoms with Gasteiger partial charge in [-0.2, -0.15) is 5.26 Å². The number of piperidine rings is 1. The Balaban J connectivity index is 1.77. The van der Waals surface area contributed by atoms with Crippen molar-refractivity contribution in [2.24, 2.45) is 0 Å². The van der Waals surface area contributed by atoms with Gasteiger partial charge in [0.1, 0.15) is 5.82 Å². The smallest absolute Gasteiger partial charge is 0.233 e. The predicted molar refractivity (Wildman–Crippen MR) is 102 cm³/mol. The number of hydrogen-bond donors (Lipinski definition) is 1. The molecule has 2 aliphatic heterocycles. The number of halogens is 1. The monoisotopic (exact) mass is 387 g/mol. The highest BCUT2D eigenvalue weighted by Gasteiger charge is 2.31. The SMILES string of the molecule is C[C@H]1CCCCN1C(=O)CSC1=C(C#N)[C@@H](c2ccc(F)cc2)CC(=O)N1. The van der Waals surface area contributed by atoms with Crippen LogP contribution in [0.3, 0.4) is 0 Å². The molecule has 1 aromatic rings. The van der Waals surface area contributed by atoms with Crippen molar-refractivity contribution in [3.8, 4) is 6.07 Å². The Morgan fingerprint density at radius 2 is 2.11 bits per heavy atom. The lowest BCUT2D eigenvalue weighted by atomic mass is 9.87. The largest absolute Gasteiger partial charge is 0.339 e. The van der Waals surface area contributed by atoms with Crippen LogP contribution in [0.1, 0.15) is 44.1 Å². The van der Waals surface area contributed by atoms with Crippen molar-refractivity contribution in [3.63, 3.8) is 0 Å². The quantitative estimate of drug-likeness (QED) is 0.860. The molecule has 0 aromatic heterocycles. The van der Waals surface area contributed by atoms with Crippen molar-refractivity contribution >= 4 is 23.6 Å². The lowest BCUT2D eigenvalue weighted by Crippen LogP contribution is -2.43. The fourth-order valence-corrected chi connectivity index (χ4v) is 4.56. The van der Waals surface area contributed by atoms with Gasteiger partial charge in [0.25, 0.3) is 0 Å². The summed E-state index contributed by atoms with van der Waals surface area (Å²) in [6.45, 7) is 2.81. The van der Waals surface area contributed by atoms with Crippen LogP contribution in [0, 0.1) is 17.1 Å². The molecule has 1 N–H and O–H groups in total. The van der Waals surface area contributed by atoms with Crippen LogP contribution in [0.2, 0.25) is 0 Å². The number of likely N-dealkylation sites (tertiary alicyclic amines) is 1. The van der Waals surface area contributed by atoms with E-state index in [1.54, 1.807) is 12.1 Å². The van der Waals surface area contributed by atoms with Crippen LogP contribution in [0.25, 0.3) is 0 Å². The number of thioether (sulfide) groups is 1. The van der Waals surface area contributed by atoms with Crippen LogP contribution in [-0.2, 0) is 9.59 Å². The molecule has 1 fully saturated rings. The summed E-state index contributed by atoms with van der Waals surface area (Å²) < 4.78 is 13.2. The minimum Gasteiger partial charge on any atom is -0.339 e. The molecule has 0 unspecified atom stereocenters. The van der Waals surface area contributed by atoms with Crippen LogP contribution in [0.4, 0.5) is 4.39 Å². The standard InChI is InChI=1S/C20H22FN3O2S/c1-13-4-2-3-9-24(13)19(26)12-27-20-17(11-22)16(10-18(25)23-20)14-5-7-15(21)8-6-14/h5-8,13,16H,2-4,9-10,12H2,1H3,(H,23,25)/t13-,16+/m0/s1. The number of rotatable bonds is 4. The topological polar surface area (TPSA) is 73.2 Å². The van der Waals surface area contributed by atoms with Gasteiger partial charge in [0.2, 0.25) is 11.8 Å². The number of amides is 2. The van der Waals surface area contributed by atoms with Crippen LogP contribution in [-0.4, -0.2) is 35.1 Å². The first kappa shape index (κ1) is 19.4. The Morgan fingerprint density at radius 1 is 1.37 bits per heavy atom. The van der Waals surface area contributed by atoms with E-state index in [0.717, 1.165) is 31.4 Å². The number of nitrogens with zero attached hydrogens (tertiary/aromatic N) is 2. The van der Waals surface area contributed by atoms with Crippen LogP contribution >= 0.6 is 11.8 Å². The lowest BCUT2D eigenvalue weighted by molar-refractivity contribution is -0.131. The minimum atomic E-state index is -0.420. The van der Waals surface area contributed by atoms with E-state index in [-0.39, 0.29) is 35.8 Å². The summed E-state index contributed by atoms with van der Waals surface area (Å²) in [7, 11) is 0. The molecule has 3 rings (SSSR count). The predicted octanol–water partition coefficient (Wildman–Crippen LogP) is 3.30. The zero-order chi connectivity index (χ0) is 19.4. The Hall–Kier alpha value is -2.33. The Labute approximate surface area is 162 Å². The van der Waals surface area contributed by atoms with Gasteiger partial charge >= 0.3 is 0 Å². The second-order valence-electron chi connectivity index (χ2n) is 6.93. The van der Waals surface area contributed by atoms with Crippen molar-refractivity contribution in [1.29, 1.82) is 5.26 Å². The molecule has 7 heteroatoms. The molecule has 5 nitrogen and oxygen atoms in total. The van der Waals surface area contributed by atoms with Crippen molar-refractivity contribution < 1.29 is 14.0 Å². The van der Waals surface area contributed by atoms with E-state index in [4.69, 9.17) is 0 Å². The molecule has 0 aliphatic carbocycles. The van der Waals surface area contributed by atoms with E-state index in [0.29, 0.717) is 10.6 Å². The number of allylic oxidation sites excluding steroid dienone is 1. The fraction of sp³-hybridized carbons (Fsp3) is 0.450. The third-order valence-corrected chi connectivity index (χ3v) is 6.09. The van der Waals surface area contributed by atoms with Crippen LogP contribution < -0.4 is 5.32 Å². The Bertz CT molecular complexity index is 800. The first-order valence-electron chi connectivity index (χ1n) is 9.11. The molecular weight excluding hydrogens is 365 g/mol. The van der Waals surface area contributed by atoms with Crippen molar-refractivity contribution in [2.75, 3.05) is 12.3 Å². The summed E-state index contributed by atoms with van der Waals surface area (Å²) in [6, 6.07) is 8.24. The summed E-state index contributed by atoms with van der Waals surface area (Å²) in [5.41, 5.74) is 1.14. The zero-order valence-corrected chi connectivity index (χ0v) is 16.0. The van der Waals surface area contributed by atoms with Gasteiger partial charge in [-0.15, -0.1) is 0 Å². The highest BCUT2D eigenvalue weighted by atomic mass is 32.2. The molecule has 2 heterocycles. The molecule has 2 amide bonds. The van der Waals surface area contributed by atoms with E-state index in [1.165, 1.54) is 23.9 Å². The molecule has 2 atom stereocenters. The molecule has 1 saturated heterocycles. The first-order valence-corrected chi connectivity index (χ1v) is 10.1. The fourth-order valence-electron chi connectivity index (χ4n) is 3.60. The summed E-state index contributed by atoms with van der Waals surface area (Å²) in [4.78, 5) is 26.6. The molecule has 0 radical (unpaired) electrons. The van der Waals surface area contributed by atoms with Crippen LogP contribution in [0.15, 0.2) is 34.9 Å². The van der Waals surface area contributed by atoms with Crippen LogP contribution in [0.5, 0.6) is 0 Å². The molecule has 1 aromatic carbocycles. The molecule has 0 spiro atoms. The summed E-state index contributed by atoms with van der Waals surface area (Å²) in [6.07, 6.45) is 3.29. The van der Waals surface area contributed by atoms with Gasteiger partial charge in [0, 0.05) is 24.9 Å². The number of carbonyl (C=O) groups excluding carboxylic acids is 2. The maximum Gasteiger partial charge on any atom is 0.233 e. The Morgan fingerprint density at radius 3 is 2.78 bits per heavy atom. The summed E-state index contributed by atoms with van der Waals surface area (Å²) >= 11 is 1.20. The lowest BCUT2D eigenvalue weighted by Gasteiger charge is -2.33. The number of hydrogen-bond acceptors (Lipinski definition) is 4. The van der Waals surface area contributed by atoms with Gasteiger partial charge in [0.05, 0.1) is 22.4 Å². The van der Waals surface area contributed by atoms with Gasteiger partial charge in [-0.3, -0.25) is 9.59 Å². The number of benzene rings is 1. The van der Waals surface area contributed by atoms with E-state index >= 15 is 0 Å². The minimum absolute atomic E-state index is 0.0233. The van der Waals surface area contributed by atoms with Gasteiger partial charge in [0.15, 0.2) is 0 Å². The van der Waals surface area contributed by atoms with E-state index in [1.807, 2.05) is 4.90 Å². The normalized spacial score (nSPS) is 23.0. The van der Waals surface area contributed by atoms with Gasteiger partial charge in [-0.25, -0.2) is 4.39 Å². The maximum absolute atomic E-state index is 13.2. The second-order valence-corrected chi connectivity index (χ2v) is 7.92. The van der Waals surface area contributed by atoms with Crippen molar-refractivity contribution in [1.82, 2.24) is 10.2 Å². The first-order chi connectivity index (χ1) is 13.0. The molecule has 27 heavy (non-hydrogen) atoms. The van der Waals surface area contributed by atoms with Gasteiger partial charge in [-0.1, -0.05) is 23.9 Å².